The molecule has 0 spiro atoms. The van der Waals surface area contributed by atoms with Crippen LogP contribution in [0.4, 0.5) is 0 Å². The van der Waals surface area contributed by atoms with Crippen molar-refractivity contribution in [2.24, 2.45) is 28.3 Å². The molecule has 242 valence electrons. The maximum atomic E-state index is 13.3. The Balaban J connectivity index is 1.21. The van der Waals surface area contributed by atoms with Crippen LogP contribution in [0.15, 0.2) is 47.4 Å². The van der Waals surface area contributed by atoms with Gasteiger partial charge in [-0.15, -0.1) is 0 Å². The summed E-state index contributed by atoms with van der Waals surface area (Å²) in [5.74, 6) is 2.94. The van der Waals surface area contributed by atoms with Crippen molar-refractivity contribution in [1.82, 2.24) is 4.90 Å². The number of primary sulfonamides is 1. The number of benzene rings is 2. The fraction of sp³-hybridized carbons (Fsp3) is 0.600. The van der Waals surface area contributed by atoms with Crippen LogP contribution >= 0.6 is 10.3 Å². The normalized spacial score (nSPS) is 27.1. The van der Waals surface area contributed by atoms with E-state index in [1.807, 2.05) is 0 Å². The zero-order chi connectivity index (χ0) is 32.2. The molecular weight excluding hydrogens is 593 g/mol. The Hall–Kier alpha value is -2.36. The van der Waals surface area contributed by atoms with Gasteiger partial charge in [0.1, 0.15) is 5.75 Å². The molecule has 1 amide bonds. The Morgan fingerprint density at radius 2 is 1.70 bits per heavy atom. The van der Waals surface area contributed by atoms with Crippen molar-refractivity contribution in [1.29, 1.82) is 0 Å². The van der Waals surface area contributed by atoms with Gasteiger partial charge in [0.15, 0.2) is 5.78 Å². The molecule has 0 bridgehead atoms. The summed E-state index contributed by atoms with van der Waals surface area (Å²) in [7, 11) is -3.45. The number of Topliss-reactive ketones (excluding diaryl/α,β-unsaturated/α-hetero) is 1. The maximum absolute atomic E-state index is 13.3. The van der Waals surface area contributed by atoms with Crippen molar-refractivity contribution in [3.63, 3.8) is 0 Å². The van der Waals surface area contributed by atoms with E-state index in [0.29, 0.717) is 35.7 Å². The largest absolute Gasteiger partial charge is 0.449 e. The van der Waals surface area contributed by atoms with Crippen LogP contribution in [0.25, 0.3) is 0 Å². The quantitative estimate of drug-likeness (QED) is 0.345. The minimum atomic E-state index is -3.83. The first-order valence-electron chi connectivity index (χ1n) is 15.9. The molecule has 9 heteroatoms. The minimum Gasteiger partial charge on any atom is -0.449 e. The van der Waals surface area contributed by atoms with Crippen LogP contribution in [0.1, 0.15) is 93.6 Å². The molecule has 3 aliphatic rings. The Kier molecular flexibility index (Phi) is 8.84. The summed E-state index contributed by atoms with van der Waals surface area (Å²) >= 11 is 0. The van der Waals surface area contributed by atoms with Gasteiger partial charge in [-0.3, -0.25) is 9.59 Å². The molecule has 2 aromatic carbocycles. The van der Waals surface area contributed by atoms with E-state index in [1.54, 1.807) is 7.05 Å². The molecule has 2 fully saturated rings. The van der Waals surface area contributed by atoms with Crippen LogP contribution in [-0.2, 0) is 21.2 Å². The maximum Gasteiger partial charge on any atom is 0.253 e. The smallest absolute Gasteiger partial charge is 0.253 e. The number of ketones is 1. The molecule has 0 aromatic heterocycles. The molecular formula is C35H50N2O5S2. The third kappa shape index (κ3) is 6.34. The van der Waals surface area contributed by atoms with Gasteiger partial charge in [0, 0.05) is 23.8 Å². The van der Waals surface area contributed by atoms with Gasteiger partial charge in [-0.2, -0.15) is 0 Å². The van der Waals surface area contributed by atoms with E-state index in [0.717, 1.165) is 31.4 Å². The van der Waals surface area contributed by atoms with Crippen molar-refractivity contribution in [3.8, 4) is 5.75 Å². The fourth-order valence-electron chi connectivity index (χ4n) is 8.10. The molecule has 0 aliphatic heterocycles. The number of carbonyl (C=O) groups excluding carboxylic acids is 2. The zero-order valence-corrected chi connectivity index (χ0v) is 29.0. The molecule has 0 saturated heterocycles. The van der Waals surface area contributed by atoms with E-state index in [4.69, 9.17) is 9.32 Å². The highest BCUT2D eigenvalue weighted by molar-refractivity contribution is 8.30. The summed E-state index contributed by atoms with van der Waals surface area (Å²) in [6.45, 7) is 9.23. The molecule has 0 heterocycles. The molecule has 7 nitrogen and oxygen atoms in total. The van der Waals surface area contributed by atoms with Gasteiger partial charge in [0.25, 0.3) is 5.91 Å². The first-order chi connectivity index (χ1) is 20.4. The summed E-state index contributed by atoms with van der Waals surface area (Å²) in [6, 6.07) is 12.4. The number of hydrogen-bond acceptors (Lipinski definition) is 5. The molecule has 5 rings (SSSR count). The molecule has 5 unspecified atom stereocenters. The van der Waals surface area contributed by atoms with Gasteiger partial charge in [-0.05, 0) is 148 Å². The Bertz CT molecular complexity index is 1530. The first kappa shape index (κ1) is 33.0. The van der Waals surface area contributed by atoms with Crippen molar-refractivity contribution in [2.75, 3.05) is 26.1 Å². The topological polar surface area (TPSA) is 107 Å². The number of fused-ring (bicyclic) bond motifs is 5. The van der Waals surface area contributed by atoms with Crippen LogP contribution in [-0.4, -0.2) is 55.9 Å². The van der Waals surface area contributed by atoms with Gasteiger partial charge >= 0.3 is 0 Å². The summed E-state index contributed by atoms with van der Waals surface area (Å²) < 4.78 is 29.8. The van der Waals surface area contributed by atoms with Gasteiger partial charge in [-0.1, -0.05) is 23.3 Å². The third-order valence-corrected chi connectivity index (χ3v) is 15.8. The summed E-state index contributed by atoms with van der Waals surface area (Å²) in [5.41, 5.74) is 3.43. The Morgan fingerprint density at radius 1 is 1.02 bits per heavy atom. The van der Waals surface area contributed by atoms with Gasteiger partial charge in [-0.25, -0.2) is 13.6 Å². The minimum absolute atomic E-state index is 0.0462. The second-order valence-corrected chi connectivity index (χ2v) is 20.4. The van der Waals surface area contributed by atoms with E-state index in [2.05, 4.69) is 58.4 Å². The number of likely N-dealkylation sites (N-methyl/N-ethyl adjacent to an activating group) is 1. The van der Waals surface area contributed by atoms with Crippen LogP contribution in [0.3, 0.4) is 0 Å². The number of hydrogen-bond donors (Lipinski definition) is 1. The molecule has 0 radical (unpaired) electrons. The second kappa shape index (κ2) is 11.8. The predicted molar refractivity (Wildman–Crippen MR) is 179 cm³/mol. The molecule has 5 atom stereocenters. The fourth-order valence-corrected chi connectivity index (χ4v) is 9.45. The summed E-state index contributed by atoms with van der Waals surface area (Å²) in [4.78, 5) is 27.6. The average molecular weight is 643 g/mol. The number of nitrogens with zero attached hydrogens (tertiary/aromatic N) is 1. The van der Waals surface area contributed by atoms with Crippen LogP contribution < -0.4 is 9.32 Å². The summed E-state index contributed by atoms with van der Waals surface area (Å²) in [6.07, 6.45) is 11.8. The molecule has 2 aromatic rings. The highest BCUT2D eigenvalue weighted by Crippen LogP contribution is 2.64. The van der Waals surface area contributed by atoms with Crippen molar-refractivity contribution >= 4 is 32.0 Å². The van der Waals surface area contributed by atoms with Crippen LogP contribution in [0.2, 0.25) is 0 Å². The van der Waals surface area contributed by atoms with E-state index in [1.165, 1.54) is 53.1 Å². The monoisotopic (exact) mass is 642 g/mol. The van der Waals surface area contributed by atoms with Crippen LogP contribution in [0.5, 0.6) is 5.75 Å². The van der Waals surface area contributed by atoms with Crippen molar-refractivity contribution < 1.29 is 22.2 Å². The molecule has 2 saturated carbocycles. The average Bonchev–Trinajstić information content (AvgIpc) is 3.26. The number of nitrogens with two attached hydrogens (primary N) is 1. The van der Waals surface area contributed by atoms with E-state index in [9.17, 15) is 18.0 Å². The SMILES string of the molecule is CN(CC(=O)CC1CCC2C3CCc4cc(OS(C)(C)C(C)(C)C)ccc4C3CCC12C)C(=O)c1ccc(S(N)(=O)=O)cc1. The molecule has 44 heavy (non-hydrogen) atoms. The summed E-state index contributed by atoms with van der Waals surface area (Å²) in [5, 5.41) is 5.16. The highest BCUT2D eigenvalue weighted by Gasteiger charge is 2.54. The Morgan fingerprint density at radius 3 is 2.34 bits per heavy atom. The van der Waals surface area contributed by atoms with Gasteiger partial charge in [0.05, 0.1) is 11.4 Å². The second-order valence-electron chi connectivity index (χ2n) is 15.0. The molecule has 2 N–H and O–H groups in total. The number of aryl methyl sites for hydroxylation is 1. The van der Waals surface area contributed by atoms with E-state index in [-0.39, 0.29) is 33.3 Å². The van der Waals surface area contributed by atoms with Crippen LogP contribution in [0, 0.1) is 23.2 Å². The van der Waals surface area contributed by atoms with Crippen molar-refractivity contribution in [2.45, 2.75) is 88.2 Å². The van der Waals surface area contributed by atoms with Crippen molar-refractivity contribution in [3.05, 3.63) is 59.2 Å². The number of rotatable bonds is 8. The lowest BCUT2D eigenvalue weighted by Crippen LogP contribution is -2.43. The Labute approximate surface area is 265 Å². The lowest BCUT2D eigenvalue weighted by atomic mass is 9.54. The highest BCUT2D eigenvalue weighted by atomic mass is 32.3. The van der Waals surface area contributed by atoms with Gasteiger partial charge in [0.2, 0.25) is 10.0 Å². The third-order valence-electron chi connectivity index (χ3n) is 11.3. The zero-order valence-electron chi connectivity index (χ0n) is 27.4. The first-order valence-corrected chi connectivity index (χ1v) is 19.8. The van der Waals surface area contributed by atoms with E-state index < -0.39 is 20.3 Å². The van der Waals surface area contributed by atoms with Gasteiger partial charge < -0.3 is 9.08 Å². The standard InChI is InChI=1S/C35H50N2O5S2/c1-34(2,3)43(6,7)42-27-12-16-29-24(20-27)10-15-31-30(29)18-19-35(4)25(11-17-32(31)35)21-26(38)22-37(5)33(39)23-8-13-28(14-9-23)44(36,40)41/h8-9,12-14,16,20,25,30-32H,10-11,15,17-19,21-22H2,1-7H3,(H2,36,40,41). The van der Waals surface area contributed by atoms with E-state index >= 15 is 0 Å². The number of amides is 1. The number of sulfonamides is 1. The predicted octanol–water partition coefficient (Wildman–Crippen LogP) is 6.69. The lowest BCUT2D eigenvalue weighted by Gasteiger charge is -2.51. The lowest BCUT2D eigenvalue weighted by molar-refractivity contribution is -0.121. The molecule has 3 aliphatic carbocycles. The number of carbonyl (C=O) groups is 2.